The Kier molecular flexibility index (Phi) is 7.83. The van der Waals surface area contributed by atoms with E-state index in [9.17, 15) is 4.79 Å². The summed E-state index contributed by atoms with van der Waals surface area (Å²) in [6.45, 7) is 7.31. The standard InChI is InChI=1S/C29H34N8O2/c1-5-25(38)22-15-31-27(34-26-10-9-20(14-30-26)17-37-12-11-19(2)16-37)13-24(22)33-23-8-6-7-21(28(23)39-4)29-32-18-36(3)35-29/h6-10,13-15,18-19H,5,11-12,16-17H2,1-4H3,(H2,30,31,33,34)/t19-/m1/s1. The second kappa shape index (κ2) is 11.6. The Bertz CT molecular complexity index is 1450. The third kappa shape index (κ3) is 6.06. The van der Waals surface area contributed by atoms with E-state index in [4.69, 9.17) is 4.74 Å². The quantitative estimate of drug-likeness (QED) is 0.269. The van der Waals surface area contributed by atoms with Gasteiger partial charge in [-0.3, -0.25) is 14.4 Å². The average Bonchev–Trinajstić information content (AvgIpc) is 3.56. The van der Waals surface area contributed by atoms with E-state index in [0.29, 0.717) is 46.6 Å². The first-order valence-corrected chi connectivity index (χ1v) is 13.2. The number of benzene rings is 1. The van der Waals surface area contributed by atoms with E-state index < -0.39 is 0 Å². The topological polar surface area (TPSA) is 110 Å². The van der Waals surface area contributed by atoms with Crippen LogP contribution in [0.4, 0.5) is 23.0 Å². The minimum absolute atomic E-state index is 0.0169. The molecule has 4 heterocycles. The maximum absolute atomic E-state index is 12.8. The number of ketones is 1. The highest BCUT2D eigenvalue weighted by Crippen LogP contribution is 2.37. The van der Waals surface area contributed by atoms with Crippen molar-refractivity contribution in [3.63, 3.8) is 0 Å². The van der Waals surface area contributed by atoms with Crippen molar-refractivity contribution in [2.45, 2.75) is 33.2 Å². The number of hydrogen-bond donors (Lipinski definition) is 2. The van der Waals surface area contributed by atoms with E-state index in [2.05, 4.69) is 48.6 Å². The molecule has 0 radical (unpaired) electrons. The number of nitrogens with zero attached hydrogens (tertiary/aromatic N) is 6. The lowest BCUT2D eigenvalue weighted by atomic mass is 10.1. The third-order valence-electron chi connectivity index (χ3n) is 6.85. The molecule has 1 aromatic carbocycles. The maximum Gasteiger partial charge on any atom is 0.184 e. The molecule has 3 aromatic heterocycles. The van der Waals surface area contributed by atoms with Crippen molar-refractivity contribution >= 4 is 28.8 Å². The van der Waals surface area contributed by atoms with Crippen molar-refractivity contribution in [1.29, 1.82) is 0 Å². The molecule has 10 heteroatoms. The van der Waals surface area contributed by atoms with Gasteiger partial charge in [0.05, 0.1) is 29.6 Å². The normalized spacial score (nSPS) is 15.3. The lowest BCUT2D eigenvalue weighted by Crippen LogP contribution is -2.19. The molecule has 1 aliphatic rings. The summed E-state index contributed by atoms with van der Waals surface area (Å²) in [4.78, 5) is 28.7. The number of carbonyl (C=O) groups is 1. The minimum Gasteiger partial charge on any atom is -0.494 e. The zero-order chi connectivity index (χ0) is 27.4. The van der Waals surface area contributed by atoms with Crippen molar-refractivity contribution in [1.82, 2.24) is 29.6 Å². The molecule has 1 aliphatic heterocycles. The highest BCUT2D eigenvalue weighted by molar-refractivity contribution is 6.02. The van der Waals surface area contributed by atoms with Crippen LogP contribution in [0.15, 0.2) is 55.1 Å². The zero-order valence-electron chi connectivity index (χ0n) is 22.8. The van der Waals surface area contributed by atoms with Gasteiger partial charge in [-0.05, 0) is 42.6 Å². The van der Waals surface area contributed by atoms with Gasteiger partial charge >= 0.3 is 0 Å². The molecule has 4 aromatic rings. The molecule has 0 spiro atoms. The van der Waals surface area contributed by atoms with Crippen molar-refractivity contribution in [3.05, 3.63) is 66.2 Å². The Morgan fingerprint density at radius 3 is 2.59 bits per heavy atom. The molecule has 1 saturated heterocycles. The van der Waals surface area contributed by atoms with Crippen LogP contribution in [0, 0.1) is 5.92 Å². The molecule has 0 amide bonds. The van der Waals surface area contributed by atoms with Crippen LogP contribution in [0.3, 0.4) is 0 Å². The first-order valence-electron chi connectivity index (χ1n) is 13.2. The number of aryl methyl sites for hydroxylation is 1. The lowest BCUT2D eigenvalue weighted by Gasteiger charge is -2.17. The monoisotopic (exact) mass is 526 g/mol. The molecule has 1 atom stereocenters. The highest BCUT2D eigenvalue weighted by atomic mass is 16.5. The van der Waals surface area contributed by atoms with Crippen molar-refractivity contribution in [2.75, 3.05) is 30.8 Å². The number of pyridine rings is 2. The van der Waals surface area contributed by atoms with E-state index >= 15 is 0 Å². The van der Waals surface area contributed by atoms with Crippen LogP contribution in [0.1, 0.15) is 42.6 Å². The second-order valence-electron chi connectivity index (χ2n) is 9.95. The van der Waals surface area contributed by atoms with Gasteiger partial charge in [0.1, 0.15) is 18.0 Å². The summed E-state index contributed by atoms with van der Waals surface area (Å²) in [7, 11) is 3.42. The van der Waals surface area contributed by atoms with Crippen LogP contribution >= 0.6 is 0 Å². The Morgan fingerprint density at radius 1 is 1.08 bits per heavy atom. The van der Waals surface area contributed by atoms with Crippen molar-refractivity contribution in [3.8, 4) is 17.1 Å². The summed E-state index contributed by atoms with van der Waals surface area (Å²) in [6.07, 6.45) is 6.75. The van der Waals surface area contributed by atoms with E-state index in [1.54, 1.807) is 24.3 Å². The van der Waals surface area contributed by atoms with Crippen molar-refractivity contribution in [2.24, 2.45) is 13.0 Å². The van der Waals surface area contributed by atoms with Gasteiger partial charge in [-0.2, -0.15) is 5.10 Å². The van der Waals surface area contributed by atoms with E-state index in [1.807, 2.05) is 50.5 Å². The van der Waals surface area contributed by atoms with Crippen LogP contribution < -0.4 is 15.4 Å². The molecule has 0 unspecified atom stereocenters. The molecular formula is C29H34N8O2. The van der Waals surface area contributed by atoms with Gasteiger partial charge in [-0.15, -0.1) is 0 Å². The molecule has 2 N–H and O–H groups in total. The van der Waals surface area contributed by atoms with Crippen LogP contribution in [-0.2, 0) is 13.6 Å². The maximum atomic E-state index is 12.8. The van der Waals surface area contributed by atoms with E-state index in [1.165, 1.54) is 12.0 Å². The number of methoxy groups -OCH3 is 1. The Balaban J connectivity index is 1.39. The Labute approximate surface area is 228 Å². The smallest absolute Gasteiger partial charge is 0.184 e. The number of aromatic nitrogens is 5. The van der Waals surface area contributed by atoms with Gasteiger partial charge in [0.2, 0.25) is 0 Å². The van der Waals surface area contributed by atoms with Crippen LogP contribution in [0.25, 0.3) is 11.4 Å². The molecule has 202 valence electrons. The highest BCUT2D eigenvalue weighted by Gasteiger charge is 2.19. The minimum atomic E-state index is -0.0169. The predicted molar refractivity (Wildman–Crippen MR) is 152 cm³/mol. The summed E-state index contributed by atoms with van der Waals surface area (Å²) in [6, 6.07) is 11.5. The first kappa shape index (κ1) is 26.3. The number of hydrogen-bond acceptors (Lipinski definition) is 9. The number of likely N-dealkylation sites (tertiary alicyclic amines) is 1. The summed E-state index contributed by atoms with van der Waals surface area (Å²) in [5.74, 6) is 3.12. The molecule has 1 fully saturated rings. The molecular weight excluding hydrogens is 492 g/mol. The second-order valence-corrected chi connectivity index (χ2v) is 9.95. The molecule has 10 nitrogen and oxygen atoms in total. The number of ether oxygens (including phenoxy) is 1. The lowest BCUT2D eigenvalue weighted by molar-refractivity contribution is 0.0988. The molecule has 0 bridgehead atoms. The summed E-state index contributed by atoms with van der Waals surface area (Å²) in [5.41, 5.74) is 3.72. The van der Waals surface area contributed by atoms with Gasteiger partial charge in [0.25, 0.3) is 0 Å². The fourth-order valence-electron chi connectivity index (χ4n) is 4.83. The fraction of sp³-hybridized carbons (Fsp3) is 0.345. The first-order chi connectivity index (χ1) is 18.9. The largest absolute Gasteiger partial charge is 0.494 e. The number of Topliss-reactive ketones (excluding diaryl/α,β-unsaturated/α-hetero) is 1. The molecule has 0 saturated carbocycles. The number of carbonyl (C=O) groups excluding carboxylic acids is 1. The molecule has 39 heavy (non-hydrogen) atoms. The van der Waals surface area contributed by atoms with Gasteiger partial charge < -0.3 is 15.4 Å². The summed E-state index contributed by atoms with van der Waals surface area (Å²) in [5, 5.41) is 11.1. The Morgan fingerprint density at radius 2 is 1.92 bits per heavy atom. The SMILES string of the molecule is CCC(=O)c1cnc(Nc2ccc(CN3CC[C@@H](C)C3)cn2)cc1Nc1cccc(-c2ncn(C)n2)c1OC. The van der Waals surface area contributed by atoms with Gasteiger partial charge in [0, 0.05) is 45.0 Å². The van der Waals surface area contributed by atoms with Crippen LogP contribution in [-0.4, -0.2) is 55.6 Å². The summed E-state index contributed by atoms with van der Waals surface area (Å²) >= 11 is 0. The van der Waals surface area contributed by atoms with Gasteiger partial charge in [0.15, 0.2) is 17.4 Å². The molecule has 0 aliphatic carbocycles. The van der Waals surface area contributed by atoms with E-state index in [0.717, 1.165) is 31.1 Å². The number of nitrogens with one attached hydrogen (secondary N) is 2. The number of para-hydroxylation sites is 1. The predicted octanol–water partition coefficient (Wildman–Crippen LogP) is 5.20. The number of anilines is 4. The third-order valence-corrected chi connectivity index (χ3v) is 6.85. The summed E-state index contributed by atoms with van der Waals surface area (Å²) < 4.78 is 7.39. The number of rotatable bonds is 10. The van der Waals surface area contributed by atoms with E-state index in [-0.39, 0.29) is 5.78 Å². The molecule has 5 rings (SSSR count). The van der Waals surface area contributed by atoms with Gasteiger partial charge in [-0.1, -0.05) is 26.0 Å². The Hall–Kier alpha value is -4.31. The van der Waals surface area contributed by atoms with Crippen LogP contribution in [0.2, 0.25) is 0 Å². The van der Waals surface area contributed by atoms with Crippen LogP contribution in [0.5, 0.6) is 5.75 Å². The average molecular weight is 527 g/mol. The van der Waals surface area contributed by atoms with Gasteiger partial charge in [-0.25, -0.2) is 15.0 Å². The fourth-order valence-corrected chi connectivity index (χ4v) is 4.83. The zero-order valence-corrected chi connectivity index (χ0v) is 22.8. The van der Waals surface area contributed by atoms with Crippen molar-refractivity contribution < 1.29 is 9.53 Å².